The average Bonchev–Trinajstić information content (AvgIpc) is 2.69. The van der Waals surface area contributed by atoms with Gasteiger partial charge in [-0.2, -0.15) is 0 Å². The summed E-state index contributed by atoms with van der Waals surface area (Å²) in [5.41, 5.74) is -0.381. The molecule has 1 aromatic rings. The van der Waals surface area contributed by atoms with Gasteiger partial charge in [0.2, 0.25) is 0 Å². The van der Waals surface area contributed by atoms with Crippen LogP contribution in [-0.4, -0.2) is 26.8 Å². The van der Waals surface area contributed by atoms with Gasteiger partial charge >= 0.3 is 5.97 Å². The van der Waals surface area contributed by atoms with Crippen molar-refractivity contribution in [2.24, 2.45) is 0 Å². The van der Waals surface area contributed by atoms with E-state index in [1.54, 1.807) is 12.1 Å². The number of anilines is 1. The lowest BCUT2D eigenvalue weighted by Crippen LogP contribution is -2.37. The smallest absolute Gasteiger partial charge is 0.305 e. The van der Waals surface area contributed by atoms with Crippen molar-refractivity contribution < 1.29 is 9.90 Å². The van der Waals surface area contributed by atoms with Crippen molar-refractivity contribution in [3.05, 3.63) is 17.3 Å². The number of carbonyl (C=O) groups is 1. The summed E-state index contributed by atoms with van der Waals surface area (Å²) < 4.78 is 0. The average molecular weight is 256 g/mol. The Labute approximate surface area is 104 Å². The molecule has 1 saturated carbocycles. The van der Waals surface area contributed by atoms with E-state index in [1.807, 2.05) is 0 Å². The molecule has 1 fully saturated rings. The highest BCUT2D eigenvalue weighted by Gasteiger charge is 2.36. The summed E-state index contributed by atoms with van der Waals surface area (Å²) in [6, 6.07) is 3.36. The van der Waals surface area contributed by atoms with Crippen LogP contribution in [0.5, 0.6) is 0 Å². The van der Waals surface area contributed by atoms with Crippen LogP contribution < -0.4 is 5.32 Å². The van der Waals surface area contributed by atoms with E-state index >= 15 is 0 Å². The van der Waals surface area contributed by atoms with Gasteiger partial charge in [-0.1, -0.05) is 24.4 Å². The lowest BCUT2D eigenvalue weighted by atomic mass is 9.93. The fraction of sp³-hybridized carbons (Fsp3) is 0.545. The molecule has 0 bridgehead atoms. The van der Waals surface area contributed by atoms with Gasteiger partial charge in [-0.15, -0.1) is 10.2 Å². The highest BCUT2D eigenvalue weighted by Crippen LogP contribution is 2.35. The molecule has 0 aromatic carbocycles. The molecule has 0 unspecified atom stereocenters. The lowest BCUT2D eigenvalue weighted by Gasteiger charge is -2.28. The summed E-state index contributed by atoms with van der Waals surface area (Å²) in [5.74, 6) is -0.209. The summed E-state index contributed by atoms with van der Waals surface area (Å²) >= 11 is 5.65. The Morgan fingerprint density at radius 1 is 1.41 bits per heavy atom. The van der Waals surface area contributed by atoms with Crippen LogP contribution in [0.2, 0.25) is 5.15 Å². The van der Waals surface area contributed by atoms with Crippen molar-refractivity contribution in [1.82, 2.24) is 10.2 Å². The monoisotopic (exact) mass is 255 g/mol. The number of nitrogens with one attached hydrogen (secondary N) is 1. The molecule has 0 amide bonds. The first-order valence-electron chi connectivity index (χ1n) is 5.59. The van der Waals surface area contributed by atoms with Gasteiger partial charge in [0, 0.05) is 5.54 Å². The van der Waals surface area contributed by atoms with Crippen LogP contribution in [0.4, 0.5) is 5.82 Å². The molecule has 1 heterocycles. The van der Waals surface area contributed by atoms with Gasteiger partial charge in [-0.3, -0.25) is 4.79 Å². The quantitative estimate of drug-likeness (QED) is 0.864. The number of aliphatic carboxylic acids is 1. The van der Waals surface area contributed by atoms with Gasteiger partial charge in [0.1, 0.15) is 5.82 Å². The summed E-state index contributed by atoms with van der Waals surface area (Å²) in [7, 11) is 0. The third-order valence-corrected chi connectivity index (χ3v) is 3.28. The third-order valence-electron chi connectivity index (χ3n) is 3.08. The molecule has 0 saturated heterocycles. The Bertz CT molecular complexity index is 402. The molecule has 1 aliphatic carbocycles. The van der Waals surface area contributed by atoms with Crippen LogP contribution >= 0.6 is 11.6 Å². The number of halogens is 1. The number of aromatic nitrogens is 2. The molecule has 5 nitrogen and oxygen atoms in total. The first kappa shape index (κ1) is 12.1. The molecule has 1 aromatic heterocycles. The third kappa shape index (κ3) is 3.06. The minimum absolute atomic E-state index is 0.108. The molecular weight excluding hydrogens is 242 g/mol. The maximum atomic E-state index is 10.9. The molecule has 2 N–H and O–H groups in total. The maximum Gasteiger partial charge on any atom is 0.305 e. The highest BCUT2D eigenvalue weighted by atomic mass is 35.5. The first-order chi connectivity index (χ1) is 8.10. The number of nitrogens with zero attached hydrogens (tertiary/aromatic N) is 2. The molecule has 0 radical (unpaired) electrons. The van der Waals surface area contributed by atoms with E-state index in [1.165, 1.54) is 0 Å². The van der Waals surface area contributed by atoms with Crippen LogP contribution in [0, 0.1) is 0 Å². The van der Waals surface area contributed by atoms with Crippen molar-refractivity contribution >= 4 is 23.4 Å². The fourth-order valence-electron chi connectivity index (χ4n) is 2.34. The SMILES string of the molecule is O=C(O)CC1(Nc2ccc(Cl)nn2)CCCC1. The topological polar surface area (TPSA) is 75.1 Å². The molecule has 0 atom stereocenters. The molecule has 1 aliphatic rings. The second-order valence-electron chi connectivity index (χ2n) is 4.42. The normalized spacial score (nSPS) is 17.9. The lowest BCUT2D eigenvalue weighted by molar-refractivity contribution is -0.138. The van der Waals surface area contributed by atoms with Crippen molar-refractivity contribution in [1.29, 1.82) is 0 Å². The molecule has 6 heteroatoms. The van der Waals surface area contributed by atoms with Crippen LogP contribution in [-0.2, 0) is 4.79 Å². The highest BCUT2D eigenvalue weighted by molar-refractivity contribution is 6.29. The first-order valence-corrected chi connectivity index (χ1v) is 5.97. The van der Waals surface area contributed by atoms with E-state index < -0.39 is 5.97 Å². The molecule has 17 heavy (non-hydrogen) atoms. The van der Waals surface area contributed by atoms with Crippen molar-refractivity contribution in [3.8, 4) is 0 Å². The second-order valence-corrected chi connectivity index (χ2v) is 4.81. The maximum absolute atomic E-state index is 10.9. The van der Waals surface area contributed by atoms with Gasteiger partial charge < -0.3 is 10.4 Å². The minimum atomic E-state index is -0.790. The van der Waals surface area contributed by atoms with E-state index in [0.717, 1.165) is 25.7 Å². The van der Waals surface area contributed by atoms with E-state index in [2.05, 4.69) is 15.5 Å². The standard InChI is InChI=1S/C11H14ClN3O2/c12-8-3-4-9(15-14-8)13-11(7-10(16)17)5-1-2-6-11/h3-4H,1-2,5-7H2,(H,13,15)(H,16,17). The van der Waals surface area contributed by atoms with Crippen LogP contribution in [0.3, 0.4) is 0 Å². The van der Waals surface area contributed by atoms with E-state index in [9.17, 15) is 4.79 Å². The van der Waals surface area contributed by atoms with Crippen LogP contribution in [0.1, 0.15) is 32.1 Å². The van der Waals surface area contributed by atoms with Gasteiger partial charge in [-0.05, 0) is 25.0 Å². The Morgan fingerprint density at radius 3 is 2.65 bits per heavy atom. The fourth-order valence-corrected chi connectivity index (χ4v) is 2.44. The number of hydrogen-bond donors (Lipinski definition) is 2. The number of rotatable bonds is 4. The molecular formula is C11H14ClN3O2. The van der Waals surface area contributed by atoms with Gasteiger partial charge in [0.15, 0.2) is 5.15 Å². The van der Waals surface area contributed by atoms with Crippen molar-refractivity contribution in [2.45, 2.75) is 37.6 Å². The predicted molar refractivity (Wildman–Crippen MR) is 64.1 cm³/mol. The minimum Gasteiger partial charge on any atom is -0.481 e. The Balaban J connectivity index is 2.12. The van der Waals surface area contributed by atoms with Crippen molar-refractivity contribution in [3.63, 3.8) is 0 Å². The van der Waals surface area contributed by atoms with Crippen molar-refractivity contribution in [2.75, 3.05) is 5.32 Å². The zero-order valence-electron chi connectivity index (χ0n) is 9.32. The summed E-state index contributed by atoms with van der Waals surface area (Å²) in [4.78, 5) is 10.9. The molecule has 0 spiro atoms. The van der Waals surface area contributed by atoms with E-state index in [0.29, 0.717) is 11.0 Å². The van der Waals surface area contributed by atoms with Crippen LogP contribution in [0.25, 0.3) is 0 Å². The Hall–Kier alpha value is -1.36. The van der Waals surface area contributed by atoms with Gasteiger partial charge in [0.25, 0.3) is 0 Å². The number of carboxylic acid groups (broad SMARTS) is 1. The molecule has 2 rings (SSSR count). The summed E-state index contributed by atoms with van der Waals surface area (Å²) in [6.07, 6.45) is 3.90. The largest absolute Gasteiger partial charge is 0.481 e. The van der Waals surface area contributed by atoms with Gasteiger partial charge in [0.05, 0.1) is 6.42 Å². The number of carboxylic acids is 1. The predicted octanol–water partition coefficient (Wildman–Crippen LogP) is 2.33. The van der Waals surface area contributed by atoms with Crippen LogP contribution in [0.15, 0.2) is 12.1 Å². The van der Waals surface area contributed by atoms with E-state index in [-0.39, 0.29) is 12.0 Å². The second kappa shape index (κ2) is 4.87. The zero-order valence-corrected chi connectivity index (χ0v) is 10.1. The molecule has 92 valence electrons. The number of hydrogen-bond acceptors (Lipinski definition) is 4. The van der Waals surface area contributed by atoms with Gasteiger partial charge in [-0.25, -0.2) is 0 Å². The molecule has 0 aliphatic heterocycles. The Kier molecular flexibility index (Phi) is 3.47. The van der Waals surface area contributed by atoms with E-state index in [4.69, 9.17) is 16.7 Å². The summed E-state index contributed by atoms with van der Waals surface area (Å²) in [6.45, 7) is 0. The zero-order chi connectivity index (χ0) is 12.3. The summed E-state index contributed by atoms with van der Waals surface area (Å²) in [5, 5.41) is 20.1. The Morgan fingerprint density at radius 2 is 2.12 bits per heavy atom.